The third kappa shape index (κ3) is 20.1. The first-order chi connectivity index (χ1) is 25.8. The van der Waals surface area contributed by atoms with Crippen LogP contribution in [-0.4, -0.2) is 143 Å². The molecule has 14 nitrogen and oxygen atoms in total. The van der Waals surface area contributed by atoms with Gasteiger partial charge in [0.05, 0.1) is 99.1 Å². The SMILES string of the molecule is CC(C)(C)OC(=O)NCCOCCOCCOCCOCCOCCOCCOCCOCCCNC(=O)OCC1c2ccccc2-c2ccccc21. The molecule has 0 saturated carbocycles. The van der Waals surface area contributed by atoms with Crippen LogP contribution in [0.5, 0.6) is 0 Å². The molecule has 53 heavy (non-hydrogen) atoms. The molecule has 0 fully saturated rings. The molecule has 1 aliphatic rings. The molecular formula is C39H60N2O12. The van der Waals surface area contributed by atoms with Gasteiger partial charge in [-0.1, -0.05) is 48.5 Å². The van der Waals surface area contributed by atoms with Crippen LogP contribution < -0.4 is 10.6 Å². The van der Waals surface area contributed by atoms with Crippen LogP contribution in [0, 0.1) is 0 Å². The van der Waals surface area contributed by atoms with Gasteiger partial charge < -0.3 is 58.0 Å². The van der Waals surface area contributed by atoms with Crippen LogP contribution in [0.2, 0.25) is 0 Å². The Morgan fingerprint density at radius 3 is 1.32 bits per heavy atom. The van der Waals surface area contributed by atoms with Crippen molar-refractivity contribution in [1.29, 1.82) is 0 Å². The lowest BCUT2D eigenvalue weighted by atomic mass is 9.98. The van der Waals surface area contributed by atoms with Crippen molar-refractivity contribution in [2.24, 2.45) is 0 Å². The molecule has 2 aromatic rings. The van der Waals surface area contributed by atoms with Crippen molar-refractivity contribution >= 4 is 12.2 Å². The van der Waals surface area contributed by atoms with E-state index in [0.717, 1.165) is 0 Å². The third-order valence-electron chi connectivity index (χ3n) is 7.60. The van der Waals surface area contributed by atoms with Crippen molar-refractivity contribution in [2.45, 2.75) is 38.7 Å². The van der Waals surface area contributed by atoms with Crippen LogP contribution in [0.4, 0.5) is 9.59 Å². The predicted octanol–water partition coefficient (Wildman–Crippen LogP) is 4.57. The monoisotopic (exact) mass is 748 g/mol. The summed E-state index contributed by atoms with van der Waals surface area (Å²) in [7, 11) is 0. The first-order valence-electron chi connectivity index (χ1n) is 18.5. The maximum absolute atomic E-state index is 12.3. The van der Waals surface area contributed by atoms with E-state index in [2.05, 4.69) is 34.9 Å². The number of fused-ring (bicyclic) bond motifs is 3. The van der Waals surface area contributed by atoms with Gasteiger partial charge in [0.2, 0.25) is 0 Å². The number of hydrogen-bond donors (Lipinski definition) is 2. The van der Waals surface area contributed by atoms with Gasteiger partial charge in [0, 0.05) is 25.6 Å². The van der Waals surface area contributed by atoms with Crippen LogP contribution in [0.3, 0.4) is 0 Å². The van der Waals surface area contributed by atoms with E-state index in [1.54, 1.807) is 0 Å². The second-order valence-corrected chi connectivity index (χ2v) is 12.9. The largest absolute Gasteiger partial charge is 0.449 e. The number of carbonyl (C=O) groups excluding carboxylic acids is 2. The van der Waals surface area contributed by atoms with E-state index >= 15 is 0 Å². The number of hydrogen-bond acceptors (Lipinski definition) is 12. The summed E-state index contributed by atoms with van der Waals surface area (Å²) < 4.78 is 54.6. The van der Waals surface area contributed by atoms with Crippen molar-refractivity contribution in [1.82, 2.24) is 10.6 Å². The molecule has 0 spiro atoms. The van der Waals surface area contributed by atoms with Gasteiger partial charge in [-0.15, -0.1) is 0 Å². The Morgan fingerprint density at radius 2 is 0.887 bits per heavy atom. The Bertz CT molecular complexity index is 1230. The summed E-state index contributed by atoms with van der Waals surface area (Å²) in [5, 5.41) is 5.43. The van der Waals surface area contributed by atoms with Crippen LogP contribution in [0.25, 0.3) is 11.1 Å². The molecule has 0 aromatic heterocycles. The molecule has 0 radical (unpaired) electrons. The molecule has 0 aliphatic heterocycles. The fraction of sp³-hybridized carbons (Fsp3) is 0.641. The predicted molar refractivity (Wildman–Crippen MR) is 198 cm³/mol. The van der Waals surface area contributed by atoms with Crippen LogP contribution >= 0.6 is 0 Å². The molecule has 2 N–H and O–H groups in total. The highest BCUT2D eigenvalue weighted by Crippen LogP contribution is 2.44. The van der Waals surface area contributed by atoms with Crippen molar-refractivity contribution in [3.05, 3.63) is 59.7 Å². The minimum Gasteiger partial charge on any atom is -0.449 e. The molecule has 0 unspecified atom stereocenters. The molecule has 0 heterocycles. The van der Waals surface area contributed by atoms with Gasteiger partial charge in [0.1, 0.15) is 12.2 Å². The average Bonchev–Trinajstić information content (AvgIpc) is 3.46. The van der Waals surface area contributed by atoms with E-state index in [1.165, 1.54) is 22.3 Å². The molecule has 2 aromatic carbocycles. The summed E-state index contributed by atoms with van der Waals surface area (Å²) >= 11 is 0. The standard InChI is InChI=1S/C39H60N2O12/c1-39(2,3)53-38(43)41-14-16-45-18-20-47-22-24-49-26-28-51-30-29-50-27-25-48-23-21-46-19-17-44-15-8-13-40-37(42)52-31-36-34-11-6-4-9-32(34)33-10-5-7-12-35(33)36/h4-7,9-12,36H,8,13-31H2,1-3H3,(H,40,42)(H,41,43). The Morgan fingerprint density at radius 1 is 0.509 bits per heavy atom. The van der Waals surface area contributed by atoms with Crippen LogP contribution in [-0.2, 0) is 47.4 Å². The molecule has 0 atom stereocenters. The van der Waals surface area contributed by atoms with Crippen LogP contribution in [0.15, 0.2) is 48.5 Å². The van der Waals surface area contributed by atoms with Gasteiger partial charge in [0.15, 0.2) is 0 Å². The lowest BCUT2D eigenvalue weighted by Gasteiger charge is -2.19. The van der Waals surface area contributed by atoms with E-state index in [0.29, 0.717) is 132 Å². The van der Waals surface area contributed by atoms with Crippen LogP contribution in [0.1, 0.15) is 44.2 Å². The van der Waals surface area contributed by atoms with E-state index in [-0.39, 0.29) is 5.92 Å². The van der Waals surface area contributed by atoms with Crippen molar-refractivity contribution in [2.75, 3.05) is 125 Å². The maximum Gasteiger partial charge on any atom is 0.407 e. The summed E-state index contributed by atoms with van der Waals surface area (Å²) in [4.78, 5) is 23.8. The Hall–Kier alpha value is -3.34. The van der Waals surface area contributed by atoms with Gasteiger partial charge in [-0.2, -0.15) is 0 Å². The highest BCUT2D eigenvalue weighted by Gasteiger charge is 2.29. The highest BCUT2D eigenvalue weighted by atomic mass is 16.6. The molecule has 3 rings (SSSR count). The fourth-order valence-corrected chi connectivity index (χ4v) is 5.20. The molecule has 298 valence electrons. The molecule has 0 bridgehead atoms. The molecule has 2 amide bonds. The topological polar surface area (TPSA) is 151 Å². The molecule has 1 aliphatic carbocycles. The Kier molecular flexibility index (Phi) is 22.7. The normalized spacial score (nSPS) is 12.4. The minimum absolute atomic E-state index is 0.0470. The number of nitrogens with one attached hydrogen (secondary N) is 2. The van der Waals surface area contributed by atoms with Crippen molar-refractivity contribution < 1.29 is 57.0 Å². The first-order valence-corrected chi connectivity index (χ1v) is 18.5. The summed E-state index contributed by atoms with van der Waals surface area (Å²) in [6.07, 6.45) is -0.193. The van der Waals surface area contributed by atoms with E-state index in [4.69, 9.17) is 47.4 Å². The van der Waals surface area contributed by atoms with E-state index in [9.17, 15) is 9.59 Å². The quantitative estimate of drug-likeness (QED) is 0.108. The van der Waals surface area contributed by atoms with E-state index in [1.807, 2.05) is 45.0 Å². The van der Waals surface area contributed by atoms with Crippen molar-refractivity contribution in [3.8, 4) is 11.1 Å². The van der Waals surface area contributed by atoms with Gasteiger partial charge in [-0.05, 0) is 49.4 Å². The number of rotatable bonds is 30. The maximum atomic E-state index is 12.3. The second-order valence-electron chi connectivity index (χ2n) is 12.9. The zero-order chi connectivity index (χ0) is 37.8. The zero-order valence-electron chi connectivity index (χ0n) is 31.7. The number of amides is 2. The third-order valence-corrected chi connectivity index (χ3v) is 7.60. The molecular weight excluding hydrogens is 688 g/mol. The summed E-state index contributed by atoms with van der Waals surface area (Å²) in [5.74, 6) is 0.0470. The summed E-state index contributed by atoms with van der Waals surface area (Å²) in [5.41, 5.74) is 4.28. The zero-order valence-corrected chi connectivity index (χ0v) is 31.7. The average molecular weight is 749 g/mol. The number of carbonyl (C=O) groups is 2. The van der Waals surface area contributed by atoms with Crippen molar-refractivity contribution in [3.63, 3.8) is 0 Å². The Labute approximate surface area is 314 Å². The number of ether oxygens (including phenoxy) is 10. The minimum atomic E-state index is -0.516. The first kappa shape index (κ1) is 44.1. The Balaban J connectivity index is 0.967. The smallest absolute Gasteiger partial charge is 0.407 e. The van der Waals surface area contributed by atoms with Gasteiger partial charge in [-0.25, -0.2) is 9.59 Å². The summed E-state index contributed by atoms with van der Waals surface area (Å²) in [6.45, 7) is 14.1. The molecule has 0 saturated heterocycles. The van der Waals surface area contributed by atoms with Gasteiger partial charge in [-0.3, -0.25) is 0 Å². The number of benzene rings is 2. The van der Waals surface area contributed by atoms with Gasteiger partial charge in [0.25, 0.3) is 0 Å². The number of alkyl carbamates (subject to hydrolysis) is 2. The lowest BCUT2D eigenvalue weighted by molar-refractivity contribution is -0.0230. The highest BCUT2D eigenvalue weighted by molar-refractivity contribution is 5.79. The van der Waals surface area contributed by atoms with Gasteiger partial charge >= 0.3 is 12.2 Å². The second kappa shape index (κ2) is 27.3. The summed E-state index contributed by atoms with van der Waals surface area (Å²) in [6, 6.07) is 16.6. The fourth-order valence-electron chi connectivity index (χ4n) is 5.20. The molecule has 14 heteroatoms. The van der Waals surface area contributed by atoms with E-state index < -0.39 is 17.8 Å². The lowest BCUT2D eigenvalue weighted by Crippen LogP contribution is -2.34.